The van der Waals surface area contributed by atoms with Crippen LogP contribution in [0.4, 0.5) is 0 Å². The van der Waals surface area contributed by atoms with Crippen molar-refractivity contribution >= 4 is 5.97 Å². The second kappa shape index (κ2) is 8.64. The third kappa shape index (κ3) is 8.35. The molecule has 15 heavy (non-hydrogen) atoms. The molecule has 0 aromatic rings. The molecule has 0 aliphatic carbocycles. The smallest absolute Gasteiger partial charge is 0.303 e. The van der Waals surface area contributed by atoms with E-state index in [1.807, 2.05) is 6.92 Å². The summed E-state index contributed by atoms with van der Waals surface area (Å²) in [6, 6.07) is 0. The van der Waals surface area contributed by atoms with E-state index in [-0.39, 0.29) is 25.2 Å². The predicted octanol–water partition coefficient (Wildman–Crippen LogP) is 0.654. The van der Waals surface area contributed by atoms with Gasteiger partial charge < -0.3 is 19.7 Å². The topological polar surface area (TPSA) is 76.0 Å². The number of aliphatic hydroxyl groups is 1. The number of aliphatic hydroxyl groups excluding tert-OH is 1. The van der Waals surface area contributed by atoms with E-state index in [0.717, 1.165) is 0 Å². The van der Waals surface area contributed by atoms with E-state index in [1.165, 1.54) is 7.11 Å². The zero-order valence-corrected chi connectivity index (χ0v) is 9.31. The van der Waals surface area contributed by atoms with E-state index in [0.29, 0.717) is 19.4 Å². The predicted molar refractivity (Wildman–Crippen MR) is 54.8 cm³/mol. The van der Waals surface area contributed by atoms with Crippen LogP contribution in [-0.4, -0.2) is 48.7 Å². The molecule has 0 bridgehead atoms. The number of carboxylic acids is 1. The molecule has 5 nitrogen and oxygen atoms in total. The standard InChI is InChI=1S/C10H20O5/c1-8(6-9(7-11)14-2)15-5-3-4-10(12)13/h8-9,11H,3-7H2,1-2H3,(H,12,13). The van der Waals surface area contributed by atoms with Crippen molar-refractivity contribution in [2.45, 2.75) is 38.4 Å². The zero-order valence-electron chi connectivity index (χ0n) is 9.31. The summed E-state index contributed by atoms with van der Waals surface area (Å²) < 4.78 is 10.4. The van der Waals surface area contributed by atoms with E-state index in [1.54, 1.807) is 0 Å². The largest absolute Gasteiger partial charge is 0.481 e. The monoisotopic (exact) mass is 220 g/mol. The molecule has 0 saturated carbocycles. The molecule has 0 amide bonds. The lowest BCUT2D eigenvalue weighted by Crippen LogP contribution is -2.23. The van der Waals surface area contributed by atoms with Gasteiger partial charge in [0.25, 0.3) is 0 Å². The van der Waals surface area contributed by atoms with Crippen molar-refractivity contribution in [3.8, 4) is 0 Å². The van der Waals surface area contributed by atoms with Crippen molar-refractivity contribution in [3.05, 3.63) is 0 Å². The molecule has 90 valence electrons. The molecule has 0 aliphatic heterocycles. The highest BCUT2D eigenvalue weighted by atomic mass is 16.5. The highest BCUT2D eigenvalue weighted by Crippen LogP contribution is 2.05. The molecular weight excluding hydrogens is 200 g/mol. The van der Waals surface area contributed by atoms with Crippen LogP contribution < -0.4 is 0 Å². The van der Waals surface area contributed by atoms with Gasteiger partial charge in [-0.05, 0) is 13.3 Å². The molecule has 5 heteroatoms. The van der Waals surface area contributed by atoms with Gasteiger partial charge in [-0.3, -0.25) is 4.79 Å². The summed E-state index contributed by atoms with van der Waals surface area (Å²) in [5.41, 5.74) is 0. The van der Waals surface area contributed by atoms with E-state index < -0.39 is 5.97 Å². The van der Waals surface area contributed by atoms with Crippen molar-refractivity contribution in [1.29, 1.82) is 0 Å². The lowest BCUT2D eigenvalue weighted by molar-refractivity contribution is -0.137. The quantitative estimate of drug-likeness (QED) is 0.558. The summed E-state index contributed by atoms with van der Waals surface area (Å²) in [5, 5.41) is 17.3. The molecule has 0 heterocycles. The fourth-order valence-corrected chi connectivity index (χ4v) is 1.19. The molecule has 0 fully saturated rings. The van der Waals surface area contributed by atoms with Crippen molar-refractivity contribution in [2.75, 3.05) is 20.3 Å². The second-order valence-corrected chi connectivity index (χ2v) is 3.45. The summed E-state index contributed by atoms with van der Waals surface area (Å²) in [4.78, 5) is 10.2. The maximum Gasteiger partial charge on any atom is 0.303 e. The Balaban J connectivity index is 3.47. The number of hydrogen-bond donors (Lipinski definition) is 2. The summed E-state index contributed by atoms with van der Waals surface area (Å²) >= 11 is 0. The van der Waals surface area contributed by atoms with Gasteiger partial charge in [-0.25, -0.2) is 0 Å². The summed E-state index contributed by atoms with van der Waals surface area (Å²) in [6.07, 6.45) is 1.01. The first-order valence-electron chi connectivity index (χ1n) is 5.07. The number of carboxylic acid groups (broad SMARTS) is 1. The molecule has 2 unspecified atom stereocenters. The van der Waals surface area contributed by atoms with Crippen LogP contribution >= 0.6 is 0 Å². The molecule has 0 aliphatic rings. The van der Waals surface area contributed by atoms with E-state index in [2.05, 4.69) is 0 Å². The first kappa shape index (κ1) is 14.3. The van der Waals surface area contributed by atoms with Crippen molar-refractivity contribution in [2.24, 2.45) is 0 Å². The second-order valence-electron chi connectivity index (χ2n) is 3.45. The van der Waals surface area contributed by atoms with Crippen LogP contribution in [0.25, 0.3) is 0 Å². The minimum absolute atomic E-state index is 0.0284. The average molecular weight is 220 g/mol. The minimum Gasteiger partial charge on any atom is -0.481 e. The van der Waals surface area contributed by atoms with Gasteiger partial charge in [0, 0.05) is 26.6 Å². The van der Waals surface area contributed by atoms with Crippen molar-refractivity contribution < 1.29 is 24.5 Å². The molecule has 0 saturated heterocycles. The summed E-state index contributed by atoms with van der Waals surface area (Å²) in [7, 11) is 1.54. The fraction of sp³-hybridized carbons (Fsp3) is 0.900. The van der Waals surface area contributed by atoms with Gasteiger partial charge in [0.2, 0.25) is 0 Å². The summed E-state index contributed by atoms with van der Waals surface area (Å²) in [6.45, 7) is 2.27. The van der Waals surface area contributed by atoms with Crippen LogP contribution in [-0.2, 0) is 14.3 Å². The van der Waals surface area contributed by atoms with Crippen LogP contribution in [0.15, 0.2) is 0 Å². The Bertz CT molecular complexity index is 167. The molecule has 0 radical (unpaired) electrons. The third-order valence-electron chi connectivity index (χ3n) is 2.07. The van der Waals surface area contributed by atoms with Crippen LogP contribution in [0.2, 0.25) is 0 Å². The summed E-state index contributed by atoms with van der Waals surface area (Å²) in [5.74, 6) is -0.809. The Morgan fingerprint density at radius 1 is 1.47 bits per heavy atom. The number of rotatable bonds is 9. The molecule has 0 aromatic carbocycles. The number of carbonyl (C=O) groups is 1. The van der Waals surface area contributed by atoms with Gasteiger partial charge in [0.15, 0.2) is 0 Å². The Morgan fingerprint density at radius 2 is 2.13 bits per heavy atom. The zero-order chi connectivity index (χ0) is 11.7. The Morgan fingerprint density at radius 3 is 2.60 bits per heavy atom. The van der Waals surface area contributed by atoms with Gasteiger partial charge in [0.05, 0.1) is 18.8 Å². The SMILES string of the molecule is COC(CO)CC(C)OCCCC(=O)O. The van der Waals surface area contributed by atoms with E-state index >= 15 is 0 Å². The van der Waals surface area contributed by atoms with Crippen LogP contribution in [0.3, 0.4) is 0 Å². The Kier molecular flexibility index (Phi) is 8.27. The number of methoxy groups -OCH3 is 1. The maximum atomic E-state index is 10.2. The lowest BCUT2D eigenvalue weighted by Gasteiger charge is -2.18. The highest BCUT2D eigenvalue weighted by molar-refractivity contribution is 5.66. The molecule has 2 atom stereocenters. The molecule has 0 spiro atoms. The van der Waals surface area contributed by atoms with Gasteiger partial charge in [-0.1, -0.05) is 0 Å². The molecular formula is C10H20O5. The lowest BCUT2D eigenvalue weighted by atomic mass is 10.2. The van der Waals surface area contributed by atoms with Gasteiger partial charge >= 0.3 is 5.97 Å². The maximum absolute atomic E-state index is 10.2. The number of hydrogen-bond acceptors (Lipinski definition) is 4. The Hall–Kier alpha value is -0.650. The van der Waals surface area contributed by atoms with Crippen LogP contribution in [0.1, 0.15) is 26.2 Å². The van der Waals surface area contributed by atoms with Gasteiger partial charge in [-0.15, -0.1) is 0 Å². The third-order valence-corrected chi connectivity index (χ3v) is 2.07. The van der Waals surface area contributed by atoms with E-state index in [4.69, 9.17) is 19.7 Å². The first-order chi connectivity index (χ1) is 7.10. The van der Waals surface area contributed by atoms with Crippen molar-refractivity contribution in [3.63, 3.8) is 0 Å². The normalized spacial score (nSPS) is 14.9. The molecule has 0 rings (SSSR count). The van der Waals surface area contributed by atoms with Gasteiger partial charge in [0.1, 0.15) is 0 Å². The number of aliphatic carboxylic acids is 1. The van der Waals surface area contributed by atoms with Crippen molar-refractivity contribution in [1.82, 2.24) is 0 Å². The first-order valence-corrected chi connectivity index (χ1v) is 5.07. The highest BCUT2D eigenvalue weighted by Gasteiger charge is 2.11. The Labute approximate surface area is 90.0 Å². The van der Waals surface area contributed by atoms with Crippen LogP contribution in [0.5, 0.6) is 0 Å². The van der Waals surface area contributed by atoms with Crippen LogP contribution in [0, 0.1) is 0 Å². The van der Waals surface area contributed by atoms with Gasteiger partial charge in [-0.2, -0.15) is 0 Å². The average Bonchev–Trinajstić information content (AvgIpc) is 2.20. The minimum atomic E-state index is -0.809. The molecule has 2 N–H and O–H groups in total. The van der Waals surface area contributed by atoms with E-state index in [9.17, 15) is 4.79 Å². The fourth-order valence-electron chi connectivity index (χ4n) is 1.19. The molecule has 0 aromatic heterocycles. The number of ether oxygens (including phenoxy) is 2.